The molecule has 1 aliphatic rings. The molecule has 0 saturated carbocycles. The summed E-state index contributed by atoms with van der Waals surface area (Å²) < 4.78 is 4.82. The molecule has 1 aliphatic carbocycles. The van der Waals surface area contributed by atoms with Crippen LogP contribution in [-0.4, -0.2) is 17.1 Å². The Morgan fingerprint density at radius 2 is 2.09 bits per heavy atom. The number of ether oxygens (including phenoxy) is 1. The molecule has 1 rings (SSSR count). The maximum Gasteiger partial charge on any atom is 0.220 e. The van der Waals surface area contributed by atoms with Gasteiger partial charge in [0.15, 0.2) is 11.5 Å². The molecule has 0 atom stereocenters. The first-order chi connectivity index (χ1) is 5.24. The Bertz CT molecular complexity index is 252. The van der Waals surface area contributed by atoms with Crippen molar-refractivity contribution >= 4 is 27.5 Å². The zero-order valence-corrected chi connectivity index (χ0v) is 7.13. The standard InChI is InChI=1S/C7H5BrO3/c8-4-11-7-3-5(9)1-2-6(7)10/h1-3H,4H2. The van der Waals surface area contributed by atoms with Gasteiger partial charge >= 0.3 is 0 Å². The minimum Gasteiger partial charge on any atom is -0.478 e. The monoisotopic (exact) mass is 216 g/mol. The van der Waals surface area contributed by atoms with Crippen LogP contribution in [0.3, 0.4) is 0 Å². The van der Waals surface area contributed by atoms with Gasteiger partial charge in [-0.15, -0.1) is 0 Å². The molecule has 0 aromatic heterocycles. The molecule has 0 unspecified atom stereocenters. The maximum atomic E-state index is 10.9. The maximum absolute atomic E-state index is 10.9. The topological polar surface area (TPSA) is 43.4 Å². The number of hydrogen-bond acceptors (Lipinski definition) is 3. The van der Waals surface area contributed by atoms with Gasteiger partial charge in [-0.05, 0) is 28.1 Å². The molecule has 0 N–H and O–H groups in total. The highest BCUT2D eigenvalue weighted by Crippen LogP contribution is 2.07. The lowest BCUT2D eigenvalue weighted by Gasteiger charge is -2.05. The van der Waals surface area contributed by atoms with Crippen LogP contribution in [0.5, 0.6) is 0 Å². The Kier molecular flexibility index (Phi) is 2.59. The predicted octanol–water partition coefficient (Wildman–Crippen LogP) is 0.947. The molecule has 4 heteroatoms. The lowest BCUT2D eigenvalue weighted by Crippen LogP contribution is -2.09. The molecular weight excluding hydrogens is 212 g/mol. The third-order valence-electron chi connectivity index (χ3n) is 1.13. The number of carbonyl (C=O) groups is 2. The van der Waals surface area contributed by atoms with Gasteiger partial charge in [-0.2, -0.15) is 0 Å². The summed E-state index contributed by atoms with van der Waals surface area (Å²) >= 11 is 2.98. The summed E-state index contributed by atoms with van der Waals surface area (Å²) in [5.74, 6) is -0.404. The molecule has 0 radical (unpaired) electrons. The number of allylic oxidation sites excluding steroid dienone is 3. The van der Waals surface area contributed by atoms with Crippen molar-refractivity contribution in [2.24, 2.45) is 0 Å². The molecule has 0 bridgehead atoms. The van der Waals surface area contributed by atoms with Gasteiger partial charge in [-0.3, -0.25) is 9.59 Å². The van der Waals surface area contributed by atoms with E-state index >= 15 is 0 Å². The Hall–Kier alpha value is -0.900. The van der Waals surface area contributed by atoms with E-state index in [1.165, 1.54) is 18.2 Å². The molecule has 0 aliphatic heterocycles. The highest BCUT2D eigenvalue weighted by atomic mass is 79.9. The van der Waals surface area contributed by atoms with E-state index in [9.17, 15) is 9.59 Å². The Morgan fingerprint density at radius 3 is 2.73 bits per heavy atom. The van der Waals surface area contributed by atoms with Crippen molar-refractivity contribution in [3.63, 3.8) is 0 Å². The normalized spacial score (nSPS) is 16.6. The van der Waals surface area contributed by atoms with Crippen molar-refractivity contribution in [2.45, 2.75) is 0 Å². The highest BCUT2D eigenvalue weighted by molar-refractivity contribution is 9.09. The SMILES string of the molecule is O=C1C=CC(=O)C(OCBr)=C1. The highest BCUT2D eigenvalue weighted by Gasteiger charge is 2.13. The van der Waals surface area contributed by atoms with E-state index in [2.05, 4.69) is 15.9 Å². The van der Waals surface area contributed by atoms with Crippen molar-refractivity contribution in [1.82, 2.24) is 0 Å². The second-order valence-corrected chi connectivity index (χ2v) is 2.32. The molecule has 0 fully saturated rings. The van der Waals surface area contributed by atoms with Crippen molar-refractivity contribution < 1.29 is 14.3 Å². The fraction of sp³-hybridized carbons (Fsp3) is 0.143. The number of alkyl halides is 1. The minimum absolute atomic E-state index is 0.0920. The molecule has 0 saturated heterocycles. The van der Waals surface area contributed by atoms with E-state index in [4.69, 9.17) is 4.74 Å². The number of carbonyl (C=O) groups excluding carboxylic acids is 2. The Morgan fingerprint density at radius 1 is 1.36 bits per heavy atom. The van der Waals surface area contributed by atoms with Crippen LogP contribution in [-0.2, 0) is 14.3 Å². The summed E-state index contributed by atoms with van der Waals surface area (Å²) in [7, 11) is 0. The lowest BCUT2D eigenvalue weighted by atomic mass is 10.1. The zero-order valence-electron chi connectivity index (χ0n) is 5.54. The number of hydrogen-bond donors (Lipinski definition) is 0. The molecular formula is C7H5BrO3. The van der Waals surface area contributed by atoms with Gasteiger partial charge < -0.3 is 4.74 Å². The van der Waals surface area contributed by atoms with Gasteiger partial charge in [0.1, 0.15) is 5.52 Å². The van der Waals surface area contributed by atoms with E-state index < -0.39 is 0 Å². The van der Waals surface area contributed by atoms with Crippen LogP contribution in [0.1, 0.15) is 0 Å². The van der Waals surface area contributed by atoms with Crippen molar-refractivity contribution in [1.29, 1.82) is 0 Å². The predicted molar refractivity (Wildman–Crippen MR) is 42.1 cm³/mol. The lowest BCUT2D eigenvalue weighted by molar-refractivity contribution is -0.116. The average molecular weight is 217 g/mol. The van der Waals surface area contributed by atoms with Gasteiger partial charge in [0.25, 0.3) is 0 Å². The van der Waals surface area contributed by atoms with Crippen LogP contribution in [0.4, 0.5) is 0 Å². The van der Waals surface area contributed by atoms with Crippen LogP contribution < -0.4 is 0 Å². The molecule has 3 nitrogen and oxygen atoms in total. The fourth-order valence-electron chi connectivity index (χ4n) is 0.660. The van der Waals surface area contributed by atoms with Gasteiger partial charge in [0.05, 0.1) is 0 Å². The van der Waals surface area contributed by atoms with E-state index in [1.807, 2.05) is 0 Å². The first-order valence-electron chi connectivity index (χ1n) is 2.91. The third-order valence-corrected chi connectivity index (χ3v) is 1.35. The first-order valence-corrected chi connectivity index (χ1v) is 4.03. The van der Waals surface area contributed by atoms with Crippen LogP contribution in [0.25, 0.3) is 0 Å². The molecule has 0 aromatic rings. The third kappa shape index (κ3) is 2.01. The van der Waals surface area contributed by atoms with Crippen LogP contribution >= 0.6 is 15.9 Å². The first kappa shape index (κ1) is 8.20. The summed E-state index contributed by atoms with van der Waals surface area (Å²) in [6.07, 6.45) is 3.58. The molecule has 0 spiro atoms. The second-order valence-electron chi connectivity index (χ2n) is 1.86. The number of rotatable bonds is 2. The van der Waals surface area contributed by atoms with Gasteiger partial charge in [0.2, 0.25) is 5.78 Å². The number of ketones is 2. The van der Waals surface area contributed by atoms with Crippen molar-refractivity contribution in [2.75, 3.05) is 5.52 Å². The minimum atomic E-state index is -0.274. The van der Waals surface area contributed by atoms with Crippen LogP contribution in [0, 0.1) is 0 Å². The van der Waals surface area contributed by atoms with Gasteiger partial charge in [-0.1, -0.05) is 0 Å². The van der Waals surface area contributed by atoms with Gasteiger partial charge in [-0.25, -0.2) is 0 Å². The largest absolute Gasteiger partial charge is 0.478 e. The average Bonchev–Trinajstić information content (AvgIpc) is 1.98. The van der Waals surface area contributed by atoms with Crippen molar-refractivity contribution in [3.8, 4) is 0 Å². The summed E-state index contributed by atoms with van der Waals surface area (Å²) in [5, 5.41) is 0. The van der Waals surface area contributed by atoms with E-state index in [0.29, 0.717) is 0 Å². The summed E-state index contributed by atoms with van der Waals surface area (Å²) in [6.45, 7) is 0. The van der Waals surface area contributed by atoms with Crippen molar-refractivity contribution in [3.05, 3.63) is 24.0 Å². The Balaban J connectivity index is 2.76. The smallest absolute Gasteiger partial charge is 0.220 e. The molecule has 11 heavy (non-hydrogen) atoms. The van der Waals surface area contributed by atoms with Crippen LogP contribution in [0.15, 0.2) is 24.0 Å². The number of halogens is 1. The Labute approximate surface area is 71.8 Å². The molecule has 0 amide bonds. The van der Waals surface area contributed by atoms with Crippen LogP contribution in [0.2, 0.25) is 0 Å². The summed E-state index contributed by atoms with van der Waals surface area (Å²) in [5.41, 5.74) is 0.214. The molecule has 0 aromatic carbocycles. The fourth-order valence-corrected chi connectivity index (χ4v) is 0.907. The van der Waals surface area contributed by atoms with E-state index in [0.717, 1.165) is 0 Å². The van der Waals surface area contributed by atoms with E-state index in [-0.39, 0.29) is 22.8 Å². The van der Waals surface area contributed by atoms with E-state index in [1.54, 1.807) is 0 Å². The summed E-state index contributed by atoms with van der Waals surface area (Å²) in [6, 6.07) is 0. The zero-order chi connectivity index (χ0) is 8.27. The molecule has 0 heterocycles. The quantitative estimate of drug-likeness (QED) is 0.510. The summed E-state index contributed by atoms with van der Waals surface area (Å²) in [4.78, 5) is 21.6. The molecule has 58 valence electrons. The van der Waals surface area contributed by atoms with Gasteiger partial charge in [0, 0.05) is 6.08 Å². The second kappa shape index (κ2) is 3.48.